The first-order valence-electron chi connectivity index (χ1n) is 18.8. The SMILES string of the molecule is CCN(/C=C/C=C(/C(=O)OCCC[Si](C)(C)O[Si](C)(C)CCCOC(=O)/C(=C/C=C/N(CC)CC)S(=O)(=O)c1ccccc1)S(=O)(=O)c1ccccc1)CC. The summed E-state index contributed by atoms with van der Waals surface area (Å²) in [5, 5.41) is 0. The minimum atomic E-state index is -4.12. The maximum atomic E-state index is 13.4. The van der Waals surface area contributed by atoms with Gasteiger partial charge in [-0.3, -0.25) is 0 Å². The van der Waals surface area contributed by atoms with Gasteiger partial charge < -0.3 is 23.4 Å². The molecule has 304 valence electrons. The molecule has 0 spiro atoms. The van der Waals surface area contributed by atoms with Gasteiger partial charge in [-0.25, -0.2) is 26.4 Å². The number of carbonyl (C=O) groups is 2. The van der Waals surface area contributed by atoms with E-state index in [-0.39, 0.29) is 23.0 Å². The Morgan fingerprint density at radius 1 is 0.582 bits per heavy atom. The van der Waals surface area contributed by atoms with Crippen LogP contribution in [0.15, 0.2) is 117 Å². The molecule has 0 saturated carbocycles. The first-order chi connectivity index (χ1) is 25.9. The van der Waals surface area contributed by atoms with Gasteiger partial charge >= 0.3 is 11.9 Å². The third kappa shape index (κ3) is 15.7. The molecule has 15 heteroatoms. The van der Waals surface area contributed by atoms with E-state index in [2.05, 4.69) is 26.2 Å². The summed E-state index contributed by atoms with van der Waals surface area (Å²) in [4.78, 5) is 29.5. The average Bonchev–Trinajstić information content (AvgIpc) is 3.15. The zero-order chi connectivity index (χ0) is 41.1. The van der Waals surface area contributed by atoms with Crippen molar-refractivity contribution in [1.29, 1.82) is 0 Å². The summed E-state index contributed by atoms with van der Waals surface area (Å²) in [5.74, 6) is -1.82. The smallest absolute Gasteiger partial charge is 0.350 e. The monoisotopic (exact) mass is 832 g/mol. The number of esters is 2. The summed E-state index contributed by atoms with van der Waals surface area (Å²) in [6.07, 6.45) is 10.2. The molecule has 0 unspecified atom stereocenters. The van der Waals surface area contributed by atoms with Crippen molar-refractivity contribution < 1.29 is 40.0 Å². The third-order valence-corrected chi connectivity index (χ3v) is 19.8. The highest BCUT2D eigenvalue weighted by Crippen LogP contribution is 2.26. The number of rotatable bonds is 24. The largest absolute Gasteiger partial charge is 0.462 e. The lowest BCUT2D eigenvalue weighted by Gasteiger charge is -2.34. The van der Waals surface area contributed by atoms with Crippen LogP contribution in [0.4, 0.5) is 0 Å². The van der Waals surface area contributed by atoms with E-state index in [9.17, 15) is 26.4 Å². The van der Waals surface area contributed by atoms with Crippen molar-refractivity contribution in [3.8, 4) is 0 Å². The number of benzene rings is 2. The lowest BCUT2D eigenvalue weighted by atomic mass is 10.4. The summed E-state index contributed by atoms with van der Waals surface area (Å²) in [5.41, 5.74) is 0. The Kier molecular flexibility index (Phi) is 19.6. The van der Waals surface area contributed by atoms with Crippen molar-refractivity contribution in [3.05, 3.63) is 107 Å². The summed E-state index contributed by atoms with van der Waals surface area (Å²) >= 11 is 0. The summed E-state index contributed by atoms with van der Waals surface area (Å²) in [7, 11) is -12.7. The van der Waals surface area contributed by atoms with Crippen LogP contribution in [0.1, 0.15) is 40.5 Å². The molecule has 0 N–H and O–H groups in total. The number of ether oxygens (including phenoxy) is 2. The molecule has 11 nitrogen and oxygen atoms in total. The van der Waals surface area contributed by atoms with E-state index >= 15 is 0 Å². The first kappa shape index (κ1) is 47.4. The fourth-order valence-corrected chi connectivity index (χ4v) is 17.1. The van der Waals surface area contributed by atoms with Crippen molar-refractivity contribution in [2.24, 2.45) is 0 Å². The van der Waals surface area contributed by atoms with E-state index in [1.54, 1.807) is 61.0 Å². The zero-order valence-corrected chi connectivity index (χ0v) is 37.3. The van der Waals surface area contributed by atoms with E-state index in [4.69, 9.17) is 13.6 Å². The average molecular weight is 833 g/mol. The number of hydrogen-bond acceptors (Lipinski definition) is 11. The van der Waals surface area contributed by atoms with Crippen LogP contribution >= 0.6 is 0 Å². The third-order valence-electron chi connectivity index (χ3n) is 8.67. The molecule has 0 bridgehead atoms. The summed E-state index contributed by atoms with van der Waals surface area (Å²) in [6, 6.07) is 17.0. The quantitative estimate of drug-likeness (QED) is 0.0338. The molecule has 0 amide bonds. The lowest BCUT2D eigenvalue weighted by Crippen LogP contribution is -2.44. The molecule has 0 radical (unpaired) electrons. The fourth-order valence-electron chi connectivity index (χ4n) is 5.68. The summed E-state index contributed by atoms with van der Waals surface area (Å²) in [6.45, 7) is 19.3. The summed E-state index contributed by atoms with van der Waals surface area (Å²) < 4.78 is 71.4. The fraction of sp³-hybridized carbons (Fsp3) is 0.450. The Balaban J connectivity index is 2.00. The topological polar surface area (TPSA) is 137 Å². The van der Waals surface area contributed by atoms with Gasteiger partial charge in [0.25, 0.3) is 0 Å². The number of carbonyl (C=O) groups excluding carboxylic acids is 2. The molecule has 55 heavy (non-hydrogen) atoms. The van der Waals surface area contributed by atoms with E-state index in [0.717, 1.165) is 26.2 Å². The predicted molar refractivity (Wildman–Crippen MR) is 224 cm³/mol. The van der Waals surface area contributed by atoms with E-state index in [1.807, 2.05) is 37.5 Å². The van der Waals surface area contributed by atoms with Crippen LogP contribution in [-0.2, 0) is 42.9 Å². The number of hydrogen-bond donors (Lipinski definition) is 0. The number of nitrogens with zero attached hydrogens (tertiary/aromatic N) is 2. The Bertz CT molecular complexity index is 1720. The van der Waals surface area contributed by atoms with Gasteiger partial charge in [0.1, 0.15) is 0 Å². The molecular weight excluding hydrogens is 773 g/mol. The van der Waals surface area contributed by atoms with Gasteiger partial charge in [0.2, 0.25) is 19.7 Å². The van der Waals surface area contributed by atoms with Crippen LogP contribution < -0.4 is 0 Å². The molecule has 0 fully saturated rings. The Hall–Kier alpha value is -3.77. The second-order valence-corrected chi connectivity index (χ2v) is 26.6. The minimum absolute atomic E-state index is 0.00971. The molecule has 2 rings (SSSR count). The van der Waals surface area contributed by atoms with Gasteiger partial charge in [-0.15, -0.1) is 0 Å². The molecule has 0 atom stereocenters. The Labute approximate surface area is 331 Å². The molecular formula is C40H60N2O9S2Si2. The lowest BCUT2D eigenvalue weighted by molar-refractivity contribution is -0.139. The molecule has 0 aliphatic carbocycles. The molecule has 0 aliphatic heterocycles. The first-order valence-corrected chi connectivity index (χ1v) is 28.0. The highest BCUT2D eigenvalue weighted by Gasteiger charge is 2.34. The van der Waals surface area contributed by atoms with Crippen molar-refractivity contribution >= 4 is 48.2 Å². The molecule has 0 aromatic heterocycles. The molecule has 0 saturated heterocycles. The number of allylic oxidation sites excluding steroid dienone is 4. The molecule has 0 aliphatic rings. The van der Waals surface area contributed by atoms with Gasteiger partial charge in [-0.05, 0) is 140 Å². The highest BCUT2D eigenvalue weighted by atomic mass is 32.2. The van der Waals surface area contributed by atoms with Gasteiger partial charge in [0.15, 0.2) is 26.4 Å². The van der Waals surface area contributed by atoms with Crippen LogP contribution in [0, 0.1) is 0 Å². The second-order valence-electron chi connectivity index (χ2n) is 13.9. The minimum Gasteiger partial charge on any atom is -0.462 e. The maximum absolute atomic E-state index is 13.4. The van der Waals surface area contributed by atoms with Gasteiger partial charge in [0.05, 0.1) is 23.0 Å². The van der Waals surface area contributed by atoms with Gasteiger partial charge in [-0.1, -0.05) is 36.4 Å². The van der Waals surface area contributed by atoms with Crippen LogP contribution in [-0.4, -0.2) is 94.6 Å². The van der Waals surface area contributed by atoms with Crippen LogP contribution in [0.3, 0.4) is 0 Å². The van der Waals surface area contributed by atoms with Crippen LogP contribution in [0.5, 0.6) is 0 Å². The van der Waals surface area contributed by atoms with E-state index < -0.39 is 58.1 Å². The van der Waals surface area contributed by atoms with Gasteiger partial charge in [-0.2, -0.15) is 0 Å². The molecule has 2 aromatic carbocycles. The van der Waals surface area contributed by atoms with Crippen molar-refractivity contribution in [2.75, 3.05) is 39.4 Å². The standard InChI is InChI=1S/C40H60N2O9S2Si2/c1-9-41(10-2)29-19-27-37(52(45,46)35-23-15-13-16-24-35)39(43)49-31-21-33-54(5,6)51-55(7,8)34-22-32-50-40(44)38(28-20-30-42(11-3)12-4)53(47,48)36-25-17-14-18-26-36/h13-20,23-30H,9-12,21-22,31-34H2,1-8H3/b29-19+,30-20+,37-27-,38-28-. The zero-order valence-electron chi connectivity index (χ0n) is 33.7. The Morgan fingerprint density at radius 2 is 0.909 bits per heavy atom. The van der Waals surface area contributed by atoms with Crippen molar-refractivity contribution in [2.45, 2.75) is 88.6 Å². The normalized spacial score (nSPS) is 13.3. The molecule has 2 aromatic rings. The highest BCUT2D eigenvalue weighted by molar-refractivity contribution is 7.96. The van der Waals surface area contributed by atoms with Gasteiger partial charge in [0, 0.05) is 26.2 Å². The van der Waals surface area contributed by atoms with E-state index in [0.29, 0.717) is 24.9 Å². The van der Waals surface area contributed by atoms with Crippen LogP contribution in [0.2, 0.25) is 38.3 Å². The predicted octanol–water partition coefficient (Wildman–Crippen LogP) is 7.71. The second kappa shape index (κ2) is 22.7. The van der Waals surface area contributed by atoms with Crippen molar-refractivity contribution in [1.82, 2.24) is 9.80 Å². The number of sulfone groups is 2. The van der Waals surface area contributed by atoms with Crippen molar-refractivity contribution in [3.63, 3.8) is 0 Å². The van der Waals surface area contributed by atoms with E-state index in [1.165, 1.54) is 36.4 Å². The van der Waals surface area contributed by atoms with Crippen LogP contribution in [0.25, 0.3) is 0 Å². The molecule has 0 heterocycles. The maximum Gasteiger partial charge on any atom is 0.350 e. The Morgan fingerprint density at radius 3 is 1.22 bits per heavy atom.